The van der Waals surface area contributed by atoms with Crippen molar-refractivity contribution < 1.29 is 33.3 Å². The molecule has 1 aliphatic rings. The second-order valence-corrected chi connectivity index (χ2v) is 9.58. The zero-order valence-corrected chi connectivity index (χ0v) is 22.9. The van der Waals surface area contributed by atoms with Gasteiger partial charge in [0.15, 0.2) is 11.4 Å². The molecule has 204 valence electrons. The summed E-state index contributed by atoms with van der Waals surface area (Å²) in [6, 6.07) is 1.46. The molecule has 1 heterocycles. The van der Waals surface area contributed by atoms with Crippen molar-refractivity contribution in [2.24, 2.45) is 23.5 Å². The standard InChI is InChI=1S/C18H34O3.C9H10N2O4/c1-6-16(11-8-13(3)4)18(20-12-15-9-10-15)14(5)21-17(19)7-2;1-5(12)15-8-6(14-2)3-4-11-7(8)9(10)13/h13-16,18H,6-12H2,1-5H3;3-4H,1-2H3,(H2,10,13)/t14?,16-,18?;/m0./s1. The van der Waals surface area contributed by atoms with Crippen LogP contribution in [0.25, 0.3) is 0 Å². The highest BCUT2D eigenvalue weighted by atomic mass is 16.6. The van der Waals surface area contributed by atoms with Crippen LogP contribution in [0.15, 0.2) is 12.3 Å². The van der Waals surface area contributed by atoms with Crippen LogP contribution in [0.5, 0.6) is 11.5 Å². The van der Waals surface area contributed by atoms with Gasteiger partial charge in [0.05, 0.1) is 13.2 Å². The van der Waals surface area contributed by atoms with E-state index in [1.165, 1.54) is 45.6 Å². The summed E-state index contributed by atoms with van der Waals surface area (Å²) in [6.45, 7) is 12.6. The van der Waals surface area contributed by atoms with Gasteiger partial charge in [0.1, 0.15) is 6.10 Å². The highest BCUT2D eigenvalue weighted by molar-refractivity contribution is 5.95. The van der Waals surface area contributed by atoms with Crippen LogP contribution < -0.4 is 15.2 Å². The number of rotatable bonds is 14. The van der Waals surface area contributed by atoms with Crippen LogP contribution in [0.4, 0.5) is 0 Å². The van der Waals surface area contributed by atoms with Gasteiger partial charge in [-0.2, -0.15) is 0 Å². The molecule has 0 radical (unpaired) electrons. The van der Waals surface area contributed by atoms with Gasteiger partial charge in [-0.25, -0.2) is 4.98 Å². The maximum absolute atomic E-state index is 11.6. The number of nitrogens with two attached hydrogens (primary N) is 1. The zero-order valence-electron chi connectivity index (χ0n) is 22.9. The Morgan fingerprint density at radius 3 is 2.28 bits per heavy atom. The molecule has 36 heavy (non-hydrogen) atoms. The van der Waals surface area contributed by atoms with E-state index >= 15 is 0 Å². The molecule has 1 aromatic heterocycles. The van der Waals surface area contributed by atoms with Crippen molar-refractivity contribution in [3.63, 3.8) is 0 Å². The molecule has 0 saturated heterocycles. The first kappa shape index (κ1) is 31.4. The Bertz CT molecular complexity index is 839. The molecular formula is C27H44N2O7. The summed E-state index contributed by atoms with van der Waals surface area (Å²) in [5.41, 5.74) is 4.93. The van der Waals surface area contributed by atoms with Gasteiger partial charge in [0.2, 0.25) is 5.75 Å². The normalized spacial score (nSPS) is 15.2. The lowest BCUT2D eigenvalue weighted by molar-refractivity contribution is -0.159. The van der Waals surface area contributed by atoms with Crippen LogP contribution in [0.1, 0.15) is 90.6 Å². The minimum absolute atomic E-state index is 0.0462. The number of carbonyl (C=O) groups is 3. The maximum Gasteiger partial charge on any atom is 0.308 e. The fourth-order valence-corrected chi connectivity index (χ4v) is 3.70. The van der Waals surface area contributed by atoms with E-state index < -0.39 is 11.9 Å². The number of hydrogen-bond acceptors (Lipinski definition) is 8. The Labute approximate surface area is 215 Å². The first-order chi connectivity index (χ1) is 17.0. The summed E-state index contributed by atoms with van der Waals surface area (Å²) in [4.78, 5) is 37.1. The van der Waals surface area contributed by atoms with E-state index in [2.05, 4.69) is 25.8 Å². The molecule has 0 aromatic carbocycles. The fourth-order valence-electron chi connectivity index (χ4n) is 3.70. The predicted molar refractivity (Wildman–Crippen MR) is 137 cm³/mol. The van der Waals surface area contributed by atoms with Crippen LogP contribution in [0.2, 0.25) is 0 Å². The van der Waals surface area contributed by atoms with Crippen molar-refractivity contribution in [3.05, 3.63) is 18.0 Å². The molecule has 0 spiro atoms. The molecule has 1 amide bonds. The molecule has 9 heteroatoms. The van der Waals surface area contributed by atoms with Crippen molar-refractivity contribution in [1.82, 2.24) is 4.98 Å². The number of primary amides is 1. The van der Waals surface area contributed by atoms with E-state index in [1.54, 1.807) is 0 Å². The SMILES string of the molecule is CCC(=O)OC(C)C(OCC1CC1)[C@@H](CC)CCC(C)C.COc1ccnc(C(N)=O)c1OC(C)=O. The molecular weight excluding hydrogens is 464 g/mol. The Hall–Kier alpha value is -2.68. The number of methoxy groups -OCH3 is 1. The van der Waals surface area contributed by atoms with Gasteiger partial charge in [0, 0.05) is 32.2 Å². The molecule has 2 N–H and O–H groups in total. The summed E-state index contributed by atoms with van der Waals surface area (Å²) >= 11 is 0. The second-order valence-electron chi connectivity index (χ2n) is 9.58. The van der Waals surface area contributed by atoms with E-state index in [1.807, 2.05) is 13.8 Å². The van der Waals surface area contributed by atoms with Crippen LogP contribution in [0, 0.1) is 17.8 Å². The summed E-state index contributed by atoms with van der Waals surface area (Å²) < 4.78 is 21.4. The molecule has 1 aromatic rings. The third kappa shape index (κ3) is 11.4. The molecule has 2 rings (SSSR count). The number of carbonyl (C=O) groups excluding carboxylic acids is 3. The Morgan fingerprint density at radius 1 is 1.14 bits per heavy atom. The summed E-state index contributed by atoms with van der Waals surface area (Å²) in [7, 11) is 1.38. The van der Waals surface area contributed by atoms with Crippen molar-refractivity contribution in [3.8, 4) is 11.5 Å². The van der Waals surface area contributed by atoms with E-state index in [0.29, 0.717) is 18.3 Å². The number of nitrogens with zero attached hydrogens (tertiary/aromatic N) is 1. The lowest BCUT2D eigenvalue weighted by Crippen LogP contribution is -2.38. The largest absolute Gasteiger partial charge is 0.493 e. The van der Waals surface area contributed by atoms with Gasteiger partial charge in [-0.05, 0) is 43.9 Å². The van der Waals surface area contributed by atoms with Crippen LogP contribution in [-0.4, -0.2) is 48.8 Å². The number of esters is 2. The molecule has 2 unspecified atom stereocenters. The zero-order chi connectivity index (χ0) is 27.3. The number of pyridine rings is 1. The minimum Gasteiger partial charge on any atom is -0.493 e. The Balaban J connectivity index is 0.000000381. The Morgan fingerprint density at radius 2 is 1.81 bits per heavy atom. The topological polar surface area (TPSA) is 127 Å². The number of amides is 1. The molecule has 1 fully saturated rings. The molecule has 3 atom stereocenters. The summed E-state index contributed by atoms with van der Waals surface area (Å²) in [6.07, 6.45) is 7.69. The quantitative estimate of drug-likeness (QED) is 0.358. The number of hydrogen-bond donors (Lipinski definition) is 1. The third-order valence-electron chi connectivity index (χ3n) is 5.96. The van der Waals surface area contributed by atoms with Crippen LogP contribution in [-0.2, 0) is 19.1 Å². The number of ether oxygens (including phenoxy) is 4. The lowest BCUT2D eigenvalue weighted by Gasteiger charge is -2.31. The van der Waals surface area contributed by atoms with Gasteiger partial charge in [0.25, 0.3) is 5.91 Å². The van der Waals surface area contributed by atoms with Gasteiger partial charge in [-0.3, -0.25) is 14.4 Å². The van der Waals surface area contributed by atoms with E-state index in [0.717, 1.165) is 25.4 Å². The van der Waals surface area contributed by atoms with E-state index in [4.69, 9.17) is 24.7 Å². The average molecular weight is 509 g/mol. The number of aromatic nitrogens is 1. The van der Waals surface area contributed by atoms with Gasteiger partial charge in [-0.1, -0.05) is 40.5 Å². The highest BCUT2D eigenvalue weighted by Crippen LogP contribution is 2.32. The first-order valence-electron chi connectivity index (χ1n) is 12.9. The van der Waals surface area contributed by atoms with Crippen molar-refractivity contribution in [2.45, 2.75) is 92.3 Å². The minimum atomic E-state index is -0.787. The fraction of sp³-hybridized carbons (Fsp3) is 0.704. The van der Waals surface area contributed by atoms with Gasteiger partial charge >= 0.3 is 11.9 Å². The molecule has 1 aliphatic carbocycles. The molecule has 0 bridgehead atoms. The summed E-state index contributed by atoms with van der Waals surface area (Å²) in [5.74, 6) is 0.607. The smallest absolute Gasteiger partial charge is 0.308 e. The van der Waals surface area contributed by atoms with Crippen molar-refractivity contribution in [1.29, 1.82) is 0 Å². The van der Waals surface area contributed by atoms with Crippen LogP contribution in [0.3, 0.4) is 0 Å². The van der Waals surface area contributed by atoms with Gasteiger partial charge < -0.3 is 24.7 Å². The molecule has 0 aliphatic heterocycles. The van der Waals surface area contributed by atoms with E-state index in [9.17, 15) is 14.4 Å². The first-order valence-corrected chi connectivity index (χ1v) is 12.9. The lowest BCUT2D eigenvalue weighted by atomic mass is 9.88. The predicted octanol–water partition coefficient (Wildman–Crippen LogP) is 4.70. The van der Waals surface area contributed by atoms with E-state index in [-0.39, 0.29) is 35.4 Å². The Kier molecular flexibility index (Phi) is 14.1. The maximum atomic E-state index is 11.6. The van der Waals surface area contributed by atoms with Gasteiger partial charge in [-0.15, -0.1) is 0 Å². The van der Waals surface area contributed by atoms with Crippen molar-refractivity contribution >= 4 is 17.8 Å². The monoisotopic (exact) mass is 508 g/mol. The van der Waals surface area contributed by atoms with Crippen molar-refractivity contribution in [2.75, 3.05) is 13.7 Å². The molecule has 1 saturated carbocycles. The van der Waals surface area contributed by atoms with Crippen LogP contribution >= 0.6 is 0 Å². The third-order valence-corrected chi connectivity index (χ3v) is 5.96. The second kappa shape index (κ2) is 16.1. The highest BCUT2D eigenvalue weighted by Gasteiger charge is 2.31. The average Bonchev–Trinajstić information content (AvgIpc) is 3.65. The summed E-state index contributed by atoms with van der Waals surface area (Å²) in [5, 5.41) is 0. The molecule has 9 nitrogen and oxygen atoms in total.